The summed E-state index contributed by atoms with van der Waals surface area (Å²) in [4.78, 5) is 23.5. The maximum Gasteiger partial charge on any atom is 0.223 e. The zero-order valence-electron chi connectivity index (χ0n) is 16.3. The Bertz CT molecular complexity index is 1010. The number of aromatic amines is 1. The molecule has 3 aromatic rings. The van der Waals surface area contributed by atoms with Gasteiger partial charge in [-0.05, 0) is 48.8 Å². The molecule has 0 saturated carbocycles. The molecule has 142 valence electrons. The first-order valence-corrected chi connectivity index (χ1v) is 10.5. The summed E-state index contributed by atoms with van der Waals surface area (Å²) in [6, 6.07) is 10.7. The molecule has 1 aliphatic rings. The second-order valence-corrected chi connectivity index (χ2v) is 9.23. The van der Waals surface area contributed by atoms with Crippen molar-refractivity contribution in [1.29, 1.82) is 0 Å². The Morgan fingerprint density at radius 2 is 2.07 bits per heavy atom. The van der Waals surface area contributed by atoms with Crippen molar-refractivity contribution in [2.24, 2.45) is 11.8 Å². The molecule has 4 nitrogen and oxygen atoms in total. The summed E-state index contributed by atoms with van der Waals surface area (Å²) in [7, 11) is 0. The average Bonchev–Trinajstić information content (AvgIpc) is 3.15. The minimum Gasteiger partial charge on any atom is -0.340 e. The van der Waals surface area contributed by atoms with Gasteiger partial charge in [0.25, 0.3) is 0 Å². The molecule has 27 heavy (non-hydrogen) atoms. The average molecular weight is 428 g/mol. The van der Waals surface area contributed by atoms with Gasteiger partial charge in [0.2, 0.25) is 5.91 Å². The van der Waals surface area contributed by atoms with Gasteiger partial charge in [-0.25, -0.2) is 4.98 Å². The van der Waals surface area contributed by atoms with Crippen molar-refractivity contribution in [3.05, 3.63) is 40.6 Å². The topological polar surface area (TPSA) is 49.0 Å². The zero-order chi connectivity index (χ0) is 19.3. The molecule has 0 spiro atoms. The molecule has 3 atom stereocenters. The predicted molar refractivity (Wildman–Crippen MR) is 114 cm³/mol. The fourth-order valence-corrected chi connectivity index (χ4v) is 4.65. The number of nitrogens with one attached hydrogen (secondary N) is 1. The second kappa shape index (κ2) is 6.93. The highest BCUT2D eigenvalue weighted by Crippen LogP contribution is 2.40. The molecule has 1 aromatic heterocycles. The van der Waals surface area contributed by atoms with E-state index in [2.05, 4.69) is 77.8 Å². The lowest BCUT2D eigenvalue weighted by atomic mass is 10.0. The summed E-state index contributed by atoms with van der Waals surface area (Å²) in [6.07, 6.45) is 1.54. The van der Waals surface area contributed by atoms with Crippen LogP contribution in [0.15, 0.2) is 34.8 Å². The van der Waals surface area contributed by atoms with Crippen LogP contribution in [0.1, 0.15) is 52.4 Å². The molecule has 1 fully saturated rings. The molecule has 2 aromatic carbocycles. The van der Waals surface area contributed by atoms with Crippen LogP contribution in [-0.4, -0.2) is 26.8 Å². The van der Waals surface area contributed by atoms with Gasteiger partial charge in [-0.3, -0.25) is 4.79 Å². The Hall–Kier alpha value is -1.88. The van der Waals surface area contributed by atoms with Crippen LogP contribution in [0.2, 0.25) is 0 Å². The third-order valence-corrected chi connectivity index (χ3v) is 6.32. The van der Waals surface area contributed by atoms with Crippen molar-refractivity contribution in [3.63, 3.8) is 0 Å². The monoisotopic (exact) mass is 427 g/mol. The SMILES string of the molecule is CC(C)CC(=O)N1[C@H](c2nc3c(ccc4cc(Br)ccc43)[nH]2)C[C@H](C)[C@@H]1C. The number of nitrogens with zero attached hydrogens (tertiary/aromatic N) is 2. The maximum absolute atomic E-state index is 12.9. The Labute approximate surface area is 168 Å². The molecule has 1 saturated heterocycles. The molecule has 2 heterocycles. The number of hydrogen-bond acceptors (Lipinski definition) is 2. The first kappa shape index (κ1) is 18.5. The van der Waals surface area contributed by atoms with Crippen molar-refractivity contribution in [3.8, 4) is 0 Å². The summed E-state index contributed by atoms with van der Waals surface area (Å²) in [5, 5.41) is 2.30. The van der Waals surface area contributed by atoms with E-state index in [1.807, 2.05) is 6.07 Å². The molecular weight excluding hydrogens is 402 g/mol. The summed E-state index contributed by atoms with van der Waals surface area (Å²) >= 11 is 3.54. The number of aromatic nitrogens is 2. The lowest BCUT2D eigenvalue weighted by Crippen LogP contribution is -2.38. The van der Waals surface area contributed by atoms with Crippen molar-refractivity contribution < 1.29 is 4.79 Å². The molecule has 0 bridgehead atoms. The number of amides is 1. The van der Waals surface area contributed by atoms with Gasteiger partial charge in [0, 0.05) is 22.3 Å². The van der Waals surface area contributed by atoms with Crippen LogP contribution in [-0.2, 0) is 4.79 Å². The number of carbonyl (C=O) groups excluding carboxylic acids is 1. The summed E-state index contributed by atoms with van der Waals surface area (Å²) in [5.41, 5.74) is 2.02. The molecule has 1 amide bonds. The largest absolute Gasteiger partial charge is 0.340 e. The van der Waals surface area contributed by atoms with Gasteiger partial charge in [-0.1, -0.05) is 48.8 Å². The van der Waals surface area contributed by atoms with Crippen LogP contribution in [0.25, 0.3) is 21.8 Å². The summed E-state index contributed by atoms with van der Waals surface area (Å²) < 4.78 is 1.06. The number of hydrogen-bond donors (Lipinski definition) is 1. The van der Waals surface area contributed by atoms with E-state index in [-0.39, 0.29) is 18.0 Å². The molecule has 1 aliphatic heterocycles. The van der Waals surface area contributed by atoms with Gasteiger partial charge < -0.3 is 9.88 Å². The van der Waals surface area contributed by atoms with Crippen molar-refractivity contribution >= 4 is 43.6 Å². The molecule has 4 rings (SSSR count). The minimum absolute atomic E-state index is 0.0270. The van der Waals surface area contributed by atoms with Gasteiger partial charge in [0.15, 0.2) is 0 Å². The Morgan fingerprint density at radius 3 is 2.81 bits per heavy atom. The fraction of sp³-hybridized carbons (Fsp3) is 0.455. The normalized spacial score (nSPS) is 23.0. The zero-order valence-corrected chi connectivity index (χ0v) is 17.9. The summed E-state index contributed by atoms with van der Waals surface area (Å²) in [6.45, 7) is 8.60. The number of fused-ring (bicyclic) bond motifs is 3. The van der Waals surface area contributed by atoms with E-state index in [9.17, 15) is 4.79 Å². The van der Waals surface area contributed by atoms with Gasteiger partial charge in [0.1, 0.15) is 5.82 Å². The Kier molecular flexibility index (Phi) is 4.75. The highest BCUT2D eigenvalue weighted by molar-refractivity contribution is 9.10. The molecule has 5 heteroatoms. The molecule has 1 N–H and O–H groups in total. The predicted octanol–water partition coefficient (Wildman–Crippen LogP) is 5.82. The minimum atomic E-state index is 0.0270. The van der Waals surface area contributed by atoms with Crippen LogP contribution in [0.4, 0.5) is 0 Å². The number of likely N-dealkylation sites (tertiary alicyclic amines) is 1. The van der Waals surface area contributed by atoms with Gasteiger partial charge in [-0.2, -0.15) is 0 Å². The van der Waals surface area contributed by atoms with Gasteiger partial charge >= 0.3 is 0 Å². The Morgan fingerprint density at radius 1 is 1.30 bits per heavy atom. The number of imidazole rings is 1. The number of H-pyrrole nitrogens is 1. The summed E-state index contributed by atoms with van der Waals surface area (Å²) in [5.74, 6) is 1.97. The third-order valence-electron chi connectivity index (χ3n) is 5.83. The van der Waals surface area contributed by atoms with E-state index in [0.717, 1.165) is 38.5 Å². The number of rotatable bonds is 3. The van der Waals surface area contributed by atoms with E-state index in [0.29, 0.717) is 18.3 Å². The molecule has 0 radical (unpaired) electrons. The van der Waals surface area contributed by atoms with E-state index in [1.54, 1.807) is 0 Å². The number of benzene rings is 2. The standard InChI is InChI=1S/C22H26BrN3O/c1-12(2)9-20(27)26-14(4)13(3)10-19(26)22-24-18-8-5-15-11-16(23)6-7-17(15)21(18)25-22/h5-8,11-14,19H,9-10H2,1-4H3,(H,24,25)/t13-,14-,19-/m0/s1. The van der Waals surface area contributed by atoms with Crippen LogP contribution >= 0.6 is 15.9 Å². The smallest absolute Gasteiger partial charge is 0.223 e. The maximum atomic E-state index is 12.9. The van der Waals surface area contributed by atoms with Crippen LogP contribution < -0.4 is 0 Å². The highest BCUT2D eigenvalue weighted by Gasteiger charge is 2.41. The Balaban J connectivity index is 1.78. The van der Waals surface area contributed by atoms with E-state index < -0.39 is 0 Å². The first-order valence-electron chi connectivity index (χ1n) is 9.74. The lowest BCUT2D eigenvalue weighted by molar-refractivity contribution is -0.135. The van der Waals surface area contributed by atoms with E-state index in [1.165, 1.54) is 0 Å². The molecular formula is C22H26BrN3O. The lowest BCUT2D eigenvalue weighted by Gasteiger charge is -2.29. The number of halogens is 1. The first-order chi connectivity index (χ1) is 12.8. The van der Waals surface area contributed by atoms with Crippen LogP contribution in [0.3, 0.4) is 0 Å². The van der Waals surface area contributed by atoms with Crippen molar-refractivity contribution in [2.75, 3.05) is 0 Å². The highest BCUT2D eigenvalue weighted by atomic mass is 79.9. The fourth-order valence-electron chi connectivity index (χ4n) is 4.27. The van der Waals surface area contributed by atoms with Crippen molar-refractivity contribution in [2.45, 2.75) is 52.6 Å². The molecule has 0 aliphatic carbocycles. The third kappa shape index (κ3) is 3.27. The second-order valence-electron chi connectivity index (χ2n) is 8.32. The van der Waals surface area contributed by atoms with Crippen LogP contribution in [0, 0.1) is 11.8 Å². The molecule has 0 unspecified atom stereocenters. The van der Waals surface area contributed by atoms with Gasteiger partial charge in [0.05, 0.1) is 17.1 Å². The van der Waals surface area contributed by atoms with Crippen molar-refractivity contribution in [1.82, 2.24) is 14.9 Å². The van der Waals surface area contributed by atoms with E-state index in [4.69, 9.17) is 4.98 Å². The van der Waals surface area contributed by atoms with Crippen LogP contribution in [0.5, 0.6) is 0 Å². The van der Waals surface area contributed by atoms with E-state index >= 15 is 0 Å². The van der Waals surface area contributed by atoms with Gasteiger partial charge in [-0.15, -0.1) is 0 Å². The quantitative estimate of drug-likeness (QED) is 0.571. The number of carbonyl (C=O) groups is 1.